The molecule has 0 radical (unpaired) electrons. The predicted molar refractivity (Wildman–Crippen MR) is 222 cm³/mol. The van der Waals surface area contributed by atoms with E-state index >= 15 is 0 Å². The third kappa shape index (κ3) is 9.89. The van der Waals surface area contributed by atoms with Crippen LogP contribution in [0.1, 0.15) is 57.7 Å². The summed E-state index contributed by atoms with van der Waals surface area (Å²) < 4.78 is 0. The van der Waals surface area contributed by atoms with Gasteiger partial charge in [-0.3, -0.25) is 20.0 Å². The number of hydrogen-bond donors (Lipinski definition) is 3. The van der Waals surface area contributed by atoms with Gasteiger partial charge >= 0.3 is 0 Å². The standard InChI is InChI=1S/C43H56N10O/c1-8-40-50-41(54)18-20-53(40)35-13-9-32(10-14-35)17-19-51-21-23-52(24-22-51)36-15-16-38(45-28-36)49-39-27-37(46-29-47-39)34-12-11-33(30(2)25-34)26-31(3)48-42(44-7)43(4,5)6/h8-16,25,27-29,42,44H,17-24,26H2,1-7H3,(H,50,54)(H,45,46,47,49)/b40-8+,48-31?. The zero-order valence-corrected chi connectivity index (χ0v) is 33.0. The number of aromatic nitrogens is 3. The van der Waals surface area contributed by atoms with Crippen LogP contribution in [0.3, 0.4) is 0 Å². The first-order valence-electron chi connectivity index (χ1n) is 19.1. The lowest BCUT2D eigenvalue weighted by Crippen LogP contribution is -2.47. The van der Waals surface area contributed by atoms with Crippen molar-refractivity contribution in [1.29, 1.82) is 0 Å². The van der Waals surface area contributed by atoms with Gasteiger partial charge in [-0.2, -0.15) is 0 Å². The molecule has 54 heavy (non-hydrogen) atoms. The van der Waals surface area contributed by atoms with Crippen LogP contribution in [0.5, 0.6) is 0 Å². The summed E-state index contributed by atoms with van der Waals surface area (Å²) >= 11 is 0. The molecule has 2 aliphatic rings. The first kappa shape index (κ1) is 38.6. The summed E-state index contributed by atoms with van der Waals surface area (Å²) in [6.45, 7) is 18.5. The van der Waals surface area contributed by atoms with E-state index in [9.17, 15) is 4.79 Å². The van der Waals surface area contributed by atoms with Crippen molar-refractivity contribution in [2.75, 3.05) is 61.4 Å². The number of amides is 1. The summed E-state index contributed by atoms with van der Waals surface area (Å²) in [5, 5.41) is 9.67. The molecule has 6 rings (SSSR count). The van der Waals surface area contributed by atoms with Crippen LogP contribution in [-0.2, 0) is 17.6 Å². The molecule has 1 atom stereocenters. The Hall–Kier alpha value is -5.13. The van der Waals surface area contributed by atoms with Crippen LogP contribution >= 0.6 is 0 Å². The lowest BCUT2D eigenvalue weighted by atomic mass is 9.92. The molecule has 2 aliphatic heterocycles. The monoisotopic (exact) mass is 728 g/mol. The lowest BCUT2D eigenvalue weighted by Gasteiger charge is -2.36. The third-order valence-electron chi connectivity index (χ3n) is 10.3. The fourth-order valence-corrected chi connectivity index (χ4v) is 7.11. The molecular weight excluding hydrogens is 673 g/mol. The molecule has 0 saturated carbocycles. The smallest absolute Gasteiger partial charge is 0.227 e. The lowest BCUT2D eigenvalue weighted by molar-refractivity contribution is -0.120. The average Bonchev–Trinajstić information content (AvgIpc) is 3.17. The van der Waals surface area contributed by atoms with Gasteiger partial charge in [-0.1, -0.05) is 45.0 Å². The number of nitrogens with zero attached hydrogens (tertiary/aromatic N) is 7. The molecule has 3 N–H and O–H groups in total. The maximum atomic E-state index is 11.8. The number of aryl methyl sites for hydroxylation is 1. The molecule has 0 aliphatic carbocycles. The Labute approximate surface area is 321 Å². The van der Waals surface area contributed by atoms with Gasteiger partial charge in [0.25, 0.3) is 0 Å². The van der Waals surface area contributed by atoms with E-state index in [0.717, 1.165) is 85.5 Å². The molecule has 0 bridgehead atoms. The van der Waals surface area contributed by atoms with Crippen molar-refractivity contribution in [3.8, 4) is 11.3 Å². The first-order valence-corrected chi connectivity index (χ1v) is 19.1. The van der Waals surface area contributed by atoms with Crippen molar-refractivity contribution in [1.82, 2.24) is 30.5 Å². The largest absolute Gasteiger partial charge is 0.368 e. The van der Waals surface area contributed by atoms with Crippen molar-refractivity contribution < 1.29 is 4.79 Å². The zero-order valence-electron chi connectivity index (χ0n) is 33.0. The average molecular weight is 729 g/mol. The Bertz CT molecular complexity index is 1940. The Morgan fingerprint density at radius 2 is 1.70 bits per heavy atom. The Morgan fingerprint density at radius 1 is 0.944 bits per heavy atom. The normalized spacial score (nSPS) is 17.1. The maximum absolute atomic E-state index is 11.8. The van der Waals surface area contributed by atoms with Crippen molar-refractivity contribution in [2.45, 2.75) is 67.0 Å². The summed E-state index contributed by atoms with van der Waals surface area (Å²) in [7, 11) is 1.97. The van der Waals surface area contributed by atoms with Crippen LogP contribution in [0.25, 0.3) is 11.3 Å². The number of carbonyl (C=O) groups is 1. The quantitative estimate of drug-likeness (QED) is 0.137. The van der Waals surface area contributed by atoms with Crippen molar-refractivity contribution in [3.05, 3.63) is 102 Å². The highest BCUT2D eigenvalue weighted by Gasteiger charge is 2.23. The van der Waals surface area contributed by atoms with Crippen molar-refractivity contribution in [2.24, 2.45) is 10.4 Å². The van der Waals surface area contributed by atoms with Crippen LogP contribution < -0.4 is 25.8 Å². The summed E-state index contributed by atoms with van der Waals surface area (Å²) in [6.07, 6.45) is 7.90. The highest BCUT2D eigenvalue weighted by molar-refractivity contribution is 5.85. The summed E-state index contributed by atoms with van der Waals surface area (Å²) in [6, 6.07) is 21.4. The van der Waals surface area contributed by atoms with Gasteiger partial charge in [-0.25, -0.2) is 15.0 Å². The summed E-state index contributed by atoms with van der Waals surface area (Å²) in [4.78, 5) is 37.6. The second-order valence-corrected chi connectivity index (χ2v) is 15.4. The number of benzene rings is 2. The van der Waals surface area contributed by atoms with E-state index in [4.69, 9.17) is 9.98 Å². The molecule has 1 amide bonds. The second-order valence-electron chi connectivity index (χ2n) is 15.4. The number of allylic oxidation sites excluding steroid dienone is 1. The number of pyridine rings is 1. The minimum Gasteiger partial charge on any atom is -0.368 e. The minimum absolute atomic E-state index is 0.0489. The van der Waals surface area contributed by atoms with E-state index < -0.39 is 0 Å². The van der Waals surface area contributed by atoms with Gasteiger partial charge < -0.3 is 20.4 Å². The van der Waals surface area contributed by atoms with Crippen LogP contribution in [0.15, 0.2) is 90.1 Å². The molecule has 2 aromatic carbocycles. The Kier molecular flexibility index (Phi) is 12.4. The molecule has 2 saturated heterocycles. The first-order chi connectivity index (χ1) is 26.0. The van der Waals surface area contributed by atoms with E-state index in [0.29, 0.717) is 18.8 Å². The number of hydrogen-bond acceptors (Lipinski definition) is 10. The number of rotatable bonds is 12. The molecular formula is C43H56N10O. The van der Waals surface area contributed by atoms with Crippen LogP contribution in [0.2, 0.25) is 0 Å². The summed E-state index contributed by atoms with van der Waals surface area (Å²) in [5.74, 6) is 2.39. The number of anilines is 4. The van der Waals surface area contributed by atoms with E-state index in [2.05, 4.69) is 124 Å². The zero-order chi connectivity index (χ0) is 38.2. The van der Waals surface area contributed by atoms with Crippen LogP contribution in [-0.4, -0.2) is 84.0 Å². The van der Waals surface area contributed by atoms with Gasteiger partial charge in [0.15, 0.2) is 0 Å². The molecule has 11 heteroatoms. The van der Waals surface area contributed by atoms with Gasteiger partial charge in [-0.15, -0.1) is 0 Å². The fraction of sp³-hybridized carbons (Fsp3) is 0.419. The van der Waals surface area contributed by atoms with E-state index in [1.165, 1.54) is 16.7 Å². The van der Waals surface area contributed by atoms with Gasteiger partial charge in [0.2, 0.25) is 5.91 Å². The molecule has 4 heterocycles. The Morgan fingerprint density at radius 3 is 2.37 bits per heavy atom. The van der Waals surface area contributed by atoms with Crippen molar-refractivity contribution >= 4 is 34.6 Å². The molecule has 11 nitrogen and oxygen atoms in total. The highest BCUT2D eigenvalue weighted by Crippen LogP contribution is 2.26. The molecule has 4 aromatic rings. The van der Waals surface area contributed by atoms with Gasteiger partial charge in [0.1, 0.15) is 29.9 Å². The summed E-state index contributed by atoms with van der Waals surface area (Å²) in [5.41, 5.74) is 9.11. The highest BCUT2D eigenvalue weighted by atomic mass is 16.2. The van der Waals surface area contributed by atoms with E-state index in [1.54, 1.807) is 6.33 Å². The molecule has 284 valence electrons. The predicted octanol–water partition coefficient (Wildman–Crippen LogP) is 6.74. The molecule has 1 unspecified atom stereocenters. The van der Waals surface area contributed by atoms with Crippen LogP contribution in [0.4, 0.5) is 23.0 Å². The molecule has 0 spiro atoms. The van der Waals surface area contributed by atoms with Gasteiger partial charge in [-0.05, 0) is 92.8 Å². The van der Waals surface area contributed by atoms with E-state index in [1.807, 2.05) is 38.4 Å². The number of carbonyl (C=O) groups excluding carboxylic acids is 1. The van der Waals surface area contributed by atoms with Gasteiger partial charge in [0.05, 0.1) is 17.6 Å². The van der Waals surface area contributed by atoms with Crippen molar-refractivity contribution in [3.63, 3.8) is 0 Å². The number of piperazine rings is 1. The molecule has 2 fully saturated rings. The SMILES string of the molecule is C/C=C1\NC(=O)CCN1c1ccc(CCN2CCN(c3ccc(Nc4cc(-c5ccc(CC(C)=NC(NC)C(C)(C)C)c(C)c5)ncn4)nc3)CC2)cc1. The minimum atomic E-state index is 0.0489. The maximum Gasteiger partial charge on any atom is 0.227 e. The number of nitrogens with one attached hydrogen (secondary N) is 3. The second kappa shape index (κ2) is 17.3. The van der Waals surface area contributed by atoms with Gasteiger partial charge in [0, 0.05) is 75.1 Å². The fourth-order valence-electron chi connectivity index (χ4n) is 7.11. The Balaban J connectivity index is 0.979. The van der Waals surface area contributed by atoms with E-state index in [-0.39, 0.29) is 17.5 Å². The van der Waals surface area contributed by atoms with Crippen LogP contribution in [0, 0.1) is 12.3 Å². The number of aliphatic imine (C=N–C) groups is 1. The third-order valence-corrected chi connectivity index (χ3v) is 10.3. The topological polar surface area (TPSA) is 114 Å². The molecule has 2 aromatic heterocycles.